The summed E-state index contributed by atoms with van der Waals surface area (Å²) in [5.74, 6) is 0.466. The summed E-state index contributed by atoms with van der Waals surface area (Å²) in [6.07, 6.45) is 4.46. The number of hydrogen-bond donors (Lipinski definition) is 2. The number of nitrogens with zero attached hydrogens (tertiary/aromatic N) is 2. The Hall–Kier alpha value is -4.98. The van der Waals surface area contributed by atoms with Crippen molar-refractivity contribution in [2.75, 3.05) is 10.6 Å². The second-order valence-electron chi connectivity index (χ2n) is 7.73. The van der Waals surface area contributed by atoms with Crippen molar-refractivity contribution in [1.29, 1.82) is 0 Å². The summed E-state index contributed by atoms with van der Waals surface area (Å²) in [5.41, 5.74) is 5.54. The van der Waals surface area contributed by atoms with Gasteiger partial charge in [-0.05, 0) is 48.9 Å². The SMILES string of the molecule is Cc1ccc(N/C=C(\C=O)c2nc3ccccc3o2)cc1N/C=C(/C=O)c1nc2ccccc2o1. The Morgan fingerprint density at radius 2 is 1.29 bits per heavy atom. The number of anilines is 2. The molecule has 0 fully saturated rings. The van der Waals surface area contributed by atoms with E-state index in [1.54, 1.807) is 18.3 Å². The van der Waals surface area contributed by atoms with E-state index in [4.69, 9.17) is 8.83 Å². The summed E-state index contributed by atoms with van der Waals surface area (Å²) < 4.78 is 11.4. The lowest BCUT2D eigenvalue weighted by Crippen LogP contribution is -1.98. The highest BCUT2D eigenvalue weighted by Crippen LogP contribution is 2.24. The number of benzene rings is 3. The van der Waals surface area contributed by atoms with Crippen LogP contribution in [-0.2, 0) is 9.59 Å². The predicted octanol–water partition coefficient (Wildman–Crippen LogP) is 5.58. The highest BCUT2D eigenvalue weighted by Gasteiger charge is 2.12. The Labute approximate surface area is 200 Å². The number of aryl methyl sites for hydroxylation is 1. The number of carbonyl (C=O) groups excluding carboxylic acids is 2. The molecule has 5 aromatic rings. The maximum absolute atomic E-state index is 11.7. The minimum atomic E-state index is 0.232. The van der Waals surface area contributed by atoms with E-state index in [0.29, 0.717) is 34.8 Å². The highest BCUT2D eigenvalue weighted by atomic mass is 16.4. The summed E-state index contributed by atoms with van der Waals surface area (Å²) in [7, 11) is 0. The third-order valence-electron chi connectivity index (χ3n) is 5.35. The minimum Gasteiger partial charge on any atom is -0.436 e. The van der Waals surface area contributed by atoms with Crippen molar-refractivity contribution in [3.05, 3.63) is 96.5 Å². The van der Waals surface area contributed by atoms with Crippen LogP contribution in [0, 0.1) is 6.92 Å². The van der Waals surface area contributed by atoms with Crippen LogP contribution in [0.15, 0.2) is 88.0 Å². The Kier molecular flexibility index (Phi) is 5.92. The molecule has 8 heteroatoms. The Balaban J connectivity index is 1.36. The van der Waals surface area contributed by atoms with Crippen LogP contribution in [0.1, 0.15) is 17.3 Å². The van der Waals surface area contributed by atoms with Gasteiger partial charge in [-0.25, -0.2) is 9.97 Å². The molecule has 2 heterocycles. The molecule has 35 heavy (non-hydrogen) atoms. The number of allylic oxidation sites excluding steroid dienone is 2. The third kappa shape index (κ3) is 4.58. The smallest absolute Gasteiger partial charge is 0.232 e. The summed E-state index contributed by atoms with van der Waals surface area (Å²) in [6, 6.07) is 20.3. The topological polar surface area (TPSA) is 110 Å². The van der Waals surface area contributed by atoms with Crippen molar-refractivity contribution in [3.8, 4) is 0 Å². The zero-order chi connectivity index (χ0) is 24.2. The standard InChI is InChI=1S/C27H20N4O4/c1-17-10-11-20(28-13-18(15-32)26-30-21-6-2-4-8-24(21)34-26)12-23(17)29-14-19(16-33)27-31-22-7-3-5-9-25(22)35-27/h2-16,28-29H,1H3/b18-13+,19-14-. The summed E-state index contributed by atoms with van der Waals surface area (Å²) in [4.78, 5) is 32.1. The van der Waals surface area contributed by atoms with E-state index in [1.807, 2.05) is 61.5 Å². The van der Waals surface area contributed by atoms with Crippen molar-refractivity contribution in [2.45, 2.75) is 6.92 Å². The molecule has 8 nitrogen and oxygen atoms in total. The molecule has 0 saturated carbocycles. The van der Waals surface area contributed by atoms with Crippen molar-refractivity contribution in [3.63, 3.8) is 0 Å². The summed E-state index contributed by atoms with van der Waals surface area (Å²) in [5, 5.41) is 6.25. The quantitative estimate of drug-likeness (QED) is 0.226. The molecule has 0 saturated heterocycles. The number of oxazole rings is 2. The van der Waals surface area contributed by atoms with Gasteiger partial charge in [0.25, 0.3) is 0 Å². The van der Waals surface area contributed by atoms with Gasteiger partial charge < -0.3 is 19.5 Å². The van der Waals surface area contributed by atoms with Crippen LogP contribution in [0.4, 0.5) is 11.4 Å². The van der Waals surface area contributed by atoms with Crippen molar-refractivity contribution in [2.24, 2.45) is 0 Å². The number of aldehydes is 2. The Bertz CT molecular complexity index is 1540. The van der Waals surface area contributed by atoms with Gasteiger partial charge in [-0.15, -0.1) is 0 Å². The number of hydrogen-bond acceptors (Lipinski definition) is 8. The van der Waals surface area contributed by atoms with Crippen LogP contribution in [-0.4, -0.2) is 22.5 Å². The molecule has 0 amide bonds. The fourth-order valence-corrected chi connectivity index (χ4v) is 3.47. The second-order valence-corrected chi connectivity index (χ2v) is 7.73. The van der Waals surface area contributed by atoms with Crippen LogP contribution >= 0.6 is 0 Å². The lowest BCUT2D eigenvalue weighted by molar-refractivity contribution is -0.104. The van der Waals surface area contributed by atoms with Gasteiger partial charge in [-0.2, -0.15) is 0 Å². The maximum Gasteiger partial charge on any atom is 0.232 e. The number of rotatable bonds is 8. The van der Waals surface area contributed by atoms with Gasteiger partial charge >= 0.3 is 0 Å². The average Bonchev–Trinajstić information content (AvgIpc) is 3.50. The second kappa shape index (κ2) is 9.48. The molecule has 2 aromatic heterocycles. The van der Waals surface area contributed by atoms with Gasteiger partial charge in [-0.3, -0.25) is 9.59 Å². The molecule has 3 aromatic carbocycles. The van der Waals surface area contributed by atoms with E-state index in [9.17, 15) is 9.59 Å². The average molecular weight is 464 g/mol. The van der Waals surface area contributed by atoms with Crippen LogP contribution < -0.4 is 10.6 Å². The normalized spacial score (nSPS) is 12.1. The molecule has 0 aliphatic rings. The Morgan fingerprint density at radius 1 is 0.743 bits per heavy atom. The minimum absolute atomic E-state index is 0.232. The largest absolute Gasteiger partial charge is 0.436 e. The van der Waals surface area contributed by atoms with E-state index < -0.39 is 0 Å². The van der Waals surface area contributed by atoms with Crippen molar-refractivity contribution in [1.82, 2.24) is 9.97 Å². The van der Waals surface area contributed by atoms with E-state index in [1.165, 1.54) is 6.20 Å². The van der Waals surface area contributed by atoms with Crippen LogP contribution in [0.25, 0.3) is 33.3 Å². The lowest BCUT2D eigenvalue weighted by Gasteiger charge is -2.09. The molecule has 0 spiro atoms. The first-order valence-electron chi connectivity index (χ1n) is 10.8. The van der Waals surface area contributed by atoms with Crippen LogP contribution in [0.2, 0.25) is 0 Å². The van der Waals surface area contributed by atoms with Gasteiger partial charge in [-0.1, -0.05) is 30.3 Å². The maximum atomic E-state index is 11.7. The molecule has 2 N–H and O–H groups in total. The van der Waals surface area contributed by atoms with E-state index in [0.717, 1.165) is 16.9 Å². The number of nitrogens with one attached hydrogen (secondary N) is 2. The zero-order valence-corrected chi connectivity index (χ0v) is 18.7. The van der Waals surface area contributed by atoms with Gasteiger partial charge in [0.2, 0.25) is 11.8 Å². The molecule has 5 rings (SSSR count). The molecule has 0 aliphatic heterocycles. The monoisotopic (exact) mass is 464 g/mol. The molecule has 0 bridgehead atoms. The molecule has 0 aliphatic carbocycles. The van der Waals surface area contributed by atoms with Crippen molar-refractivity contribution >= 4 is 57.3 Å². The Morgan fingerprint density at radius 3 is 1.83 bits per heavy atom. The highest BCUT2D eigenvalue weighted by molar-refractivity contribution is 6.06. The first kappa shape index (κ1) is 21.8. The van der Waals surface area contributed by atoms with E-state index in [-0.39, 0.29) is 22.9 Å². The summed E-state index contributed by atoms with van der Waals surface area (Å²) >= 11 is 0. The van der Waals surface area contributed by atoms with Crippen LogP contribution in [0.3, 0.4) is 0 Å². The van der Waals surface area contributed by atoms with E-state index in [2.05, 4.69) is 20.6 Å². The first-order chi connectivity index (χ1) is 17.1. The van der Waals surface area contributed by atoms with Gasteiger partial charge in [0.05, 0.1) is 11.1 Å². The molecule has 172 valence electrons. The third-order valence-corrected chi connectivity index (χ3v) is 5.35. The van der Waals surface area contributed by atoms with Gasteiger partial charge in [0, 0.05) is 23.8 Å². The van der Waals surface area contributed by atoms with Gasteiger partial charge in [0.15, 0.2) is 23.7 Å². The number of carbonyl (C=O) groups is 2. The fraction of sp³-hybridized carbons (Fsp3) is 0.0370. The van der Waals surface area contributed by atoms with Gasteiger partial charge in [0.1, 0.15) is 11.0 Å². The number of para-hydroxylation sites is 4. The van der Waals surface area contributed by atoms with Crippen LogP contribution in [0.5, 0.6) is 0 Å². The fourth-order valence-electron chi connectivity index (χ4n) is 3.47. The van der Waals surface area contributed by atoms with E-state index >= 15 is 0 Å². The predicted molar refractivity (Wildman–Crippen MR) is 135 cm³/mol. The molecule has 0 atom stereocenters. The van der Waals surface area contributed by atoms with Crippen molar-refractivity contribution < 1.29 is 18.4 Å². The first-order valence-corrected chi connectivity index (χ1v) is 10.8. The molecular weight excluding hydrogens is 444 g/mol. The molecule has 0 radical (unpaired) electrons. The summed E-state index contributed by atoms with van der Waals surface area (Å²) in [6.45, 7) is 1.94. The molecule has 0 unspecified atom stereocenters. The number of fused-ring (bicyclic) bond motifs is 2. The molecular formula is C27H20N4O4. The zero-order valence-electron chi connectivity index (χ0n) is 18.7. The lowest BCUT2D eigenvalue weighted by atomic mass is 10.1. The number of aromatic nitrogens is 2.